The lowest BCUT2D eigenvalue weighted by Crippen LogP contribution is -2.47. The summed E-state index contributed by atoms with van der Waals surface area (Å²) in [5.41, 5.74) is 0. The number of rotatable bonds is 9. The fourth-order valence-corrected chi connectivity index (χ4v) is 1.71. The van der Waals surface area contributed by atoms with Gasteiger partial charge < -0.3 is 20.6 Å². The van der Waals surface area contributed by atoms with Crippen molar-refractivity contribution < 1.29 is 19.5 Å². The summed E-state index contributed by atoms with van der Waals surface area (Å²) in [6.45, 7) is 4.28. The Hall–Kier alpha value is -1.79. The van der Waals surface area contributed by atoms with Crippen molar-refractivity contribution >= 4 is 17.9 Å². The third-order valence-corrected chi connectivity index (χ3v) is 2.79. The molecule has 0 aliphatic rings. The van der Waals surface area contributed by atoms with Crippen molar-refractivity contribution in [3.8, 4) is 0 Å². The zero-order valence-corrected chi connectivity index (χ0v) is 12.4. The molecule has 0 aromatic rings. The molecule has 0 spiro atoms. The third-order valence-electron chi connectivity index (χ3n) is 2.79. The minimum atomic E-state index is -0.837. The standard InChI is InChI=1S/C13H25N3O4/c1-4-8-16(9-11(17)14-3)13(20)15-10(2)6-5-7-12(18)19/h10H,4-9H2,1-3H3,(H,14,17)(H,15,20)(H,18,19). The molecule has 116 valence electrons. The van der Waals surface area contributed by atoms with Gasteiger partial charge in [-0.2, -0.15) is 0 Å². The SMILES string of the molecule is CCCN(CC(=O)NC)C(=O)NC(C)CCCC(=O)O. The summed E-state index contributed by atoms with van der Waals surface area (Å²) in [4.78, 5) is 35.2. The molecule has 0 heterocycles. The Morgan fingerprint density at radius 1 is 1.30 bits per heavy atom. The molecule has 3 N–H and O–H groups in total. The third kappa shape index (κ3) is 8.34. The van der Waals surface area contributed by atoms with Gasteiger partial charge in [-0.1, -0.05) is 6.92 Å². The molecule has 0 fully saturated rings. The zero-order chi connectivity index (χ0) is 15.5. The van der Waals surface area contributed by atoms with E-state index >= 15 is 0 Å². The van der Waals surface area contributed by atoms with Gasteiger partial charge >= 0.3 is 12.0 Å². The van der Waals surface area contributed by atoms with Crippen LogP contribution in [0.15, 0.2) is 0 Å². The Balaban J connectivity index is 4.22. The van der Waals surface area contributed by atoms with Crippen molar-refractivity contribution in [3.05, 3.63) is 0 Å². The highest BCUT2D eigenvalue weighted by molar-refractivity contribution is 5.83. The van der Waals surface area contributed by atoms with Gasteiger partial charge in [-0.15, -0.1) is 0 Å². The Labute approximate surface area is 119 Å². The maximum absolute atomic E-state index is 12.0. The van der Waals surface area contributed by atoms with E-state index in [1.165, 1.54) is 11.9 Å². The van der Waals surface area contributed by atoms with Crippen molar-refractivity contribution in [1.82, 2.24) is 15.5 Å². The Kier molecular flexibility index (Phi) is 9.15. The van der Waals surface area contributed by atoms with Gasteiger partial charge in [-0.3, -0.25) is 9.59 Å². The van der Waals surface area contributed by atoms with Gasteiger partial charge in [0.15, 0.2) is 0 Å². The van der Waals surface area contributed by atoms with E-state index in [0.717, 1.165) is 6.42 Å². The number of nitrogens with zero attached hydrogens (tertiary/aromatic N) is 1. The van der Waals surface area contributed by atoms with E-state index in [1.54, 1.807) is 0 Å². The van der Waals surface area contributed by atoms with Crippen LogP contribution in [0.5, 0.6) is 0 Å². The van der Waals surface area contributed by atoms with E-state index < -0.39 is 5.97 Å². The Bertz CT molecular complexity index is 334. The summed E-state index contributed by atoms with van der Waals surface area (Å²) in [7, 11) is 1.53. The van der Waals surface area contributed by atoms with E-state index in [9.17, 15) is 14.4 Å². The molecule has 0 bridgehead atoms. The number of carboxylic acid groups (broad SMARTS) is 1. The molecule has 0 aliphatic heterocycles. The first-order valence-corrected chi connectivity index (χ1v) is 6.88. The minimum absolute atomic E-state index is 0.0258. The summed E-state index contributed by atoms with van der Waals surface area (Å²) in [5.74, 6) is -1.05. The van der Waals surface area contributed by atoms with Crippen LogP contribution >= 0.6 is 0 Å². The van der Waals surface area contributed by atoms with Gasteiger partial charge in [0.1, 0.15) is 6.54 Å². The molecule has 0 saturated carbocycles. The Morgan fingerprint density at radius 2 is 1.95 bits per heavy atom. The van der Waals surface area contributed by atoms with Crippen molar-refractivity contribution in [1.29, 1.82) is 0 Å². The molecular formula is C13H25N3O4. The number of carbonyl (C=O) groups excluding carboxylic acids is 2. The lowest BCUT2D eigenvalue weighted by Gasteiger charge is -2.24. The van der Waals surface area contributed by atoms with Crippen LogP contribution in [0.1, 0.15) is 39.5 Å². The number of amides is 3. The summed E-state index contributed by atoms with van der Waals surface area (Å²) in [5, 5.41) is 13.8. The fourth-order valence-electron chi connectivity index (χ4n) is 1.71. The van der Waals surface area contributed by atoms with Crippen LogP contribution in [0.2, 0.25) is 0 Å². The van der Waals surface area contributed by atoms with Crippen molar-refractivity contribution in [2.24, 2.45) is 0 Å². The number of aliphatic carboxylic acids is 1. The second-order valence-corrected chi connectivity index (χ2v) is 4.73. The number of hydrogen-bond acceptors (Lipinski definition) is 3. The van der Waals surface area contributed by atoms with Crippen molar-refractivity contribution in [2.75, 3.05) is 20.1 Å². The fraction of sp³-hybridized carbons (Fsp3) is 0.769. The van der Waals surface area contributed by atoms with Crippen LogP contribution in [0.3, 0.4) is 0 Å². The van der Waals surface area contributed by atoms with E-state index in [-0.39, 0.29) is 30.9 Å². The first-order valence-electron chi connectivity index (χ1n) is 6.88. The molecule has 20 heavy (non-hydrogen) atoms. The lowest BCUT2D eigenvalue weighted by atomic mass is 10.1. The van der Waals surface area contributed by atoms with E-state index in [2.05, 4.69) is 10.6 Å². The van der Waals surface area contributed by atoms with Crippen molar-refractivity contribution in [2.45, 2.75) is 45.6 Å². The molecular weight excluding hydrogens is 262 g/mol. The molecule has 0 radical (unpaired) electrons. The van der Waals surface area contributed by atoms with Gasteiger partial charge in [0.2, 0.25) is 5.91 Å². The van der Waals surface area contributed by atoms with Gasteiger partial charge in [-0.25, -0.2) is 4.79 Å². The van der Waals surface area contributed by atoms with Crippen LogP contribution < -0.4 is 10.6 Å². The molecule has 0 saturated heterocycles. The normalized spacial score (nSPS) is 11.6. The summed E-state index contributed by atoms with van der Waals surface area (Å²) in [6.07, 6.45) is 1.97. The molecule has 0 rings (SSSR count). The predicted molar refractivity (Wildman–Crippen MR) is 75.4 cm³/mol. The predicted octanol–water partition coefficient (Wildman–Crippen LogP) is 0.797. The Morgan fingerprint density at radius 3 is 2.45 bits per heavy atom. The van der Waals surface area contributed by atoms with Crippen LogP contribution in [-0.2, 0) is 9.59 Å². The maximum atomic E-state index is 12.0. The number of likely N-dealkylation sites (N-methyl/N-ethyl adjacent to an activating group) is 1. The van der Waals surface area contributed by atoms with E-state index in [1.807, 2.05) is 13.8 Å². The second-order valence-electron chi connectivity index (χ2n) is 4.73. The molecule has 0 aliphatic carbocycles. The van der Waals surface area contributed by atoms with Gasteiger partial charge in [-0.05, 0) is 26.2 Å². The molecule has 7 heteroatoms. The molecule has 1 atom stereocenters. The first-order chi connectivity index (χ1) is 9.40. The number of nitrogens with one attached hydrogen (secondary N) is 2. The quantitative estimate of drug-likeness (QED) is 0.584. The van der Waals surface area contributed by atoms with Crippen LogP contribution in [0.25, 0.3) is 0 Å². The van der Waals surface area contributed by atoms with Gasteiger partial charge in [0.05, 0.1) is 0 Å². The van der Waals surface area contributed by atoms with E-state index in [0.29, 0.717) is 19.4 Å². The van der Waals surface area contributed by atoms with E-state index in [4.69, 9.17) is 5.11 Å². The average molecular weight is 287 g/mol. The second kappa shape index (κ2) is 10.1. The monoisotopic (exact) mass is 287 g/mol. The highest BCUT2D eigenvalue weighted by atomic mass is 16.4. The maximum Gasteiger partial charge on any atom is 0.318 e. The number of urea groups is 1. The summed E-state index contributed by atoms with van der Waals surface area (Å²) in [6, 6.07) is -0.413. The van der Waals surface area contributed by atoms with Gasteiger partial charge in [0, 0.05) is 26.1 Å². The molecule has 1 unspecified atom stereocenters. The number of carboxylic acids is 1. The smallest absolute Gasteiger partial charge is 0.318 e. The van der Waals surface area contributed by atoms with Crippen LogP contribution in [-0.4, -0.2) is 54.1 Å². The average Bonchev–Trinajstić information content (AvgIpc) is 2.37. The van der Waals surface area contributed by atoms with Crippen LogP contribution in [0, 0.1) is 0 Å². The summed E-state index contributed by atoms with van der Waals surface area (Å²) < 4.78 is 0. The van der Waals surface area contributed by atoms with Crippen LogP contribution in [0.4, 0.5) is 4.79 Å². The highest BCUT2D eigenvalue weighted by Crippen LogP contribution is 2.02. The molecule has 7 nitrogen and oxygen atoms in total. The lowest BCUT2D eigenvalue weighted by molar-refractivity contribution is -0.137. The highest BCUT2D eigenvalue weighted by Gasteiger charge is 2.17. The van der Waals surface area contributed by atoms with Gasteiger partial charge in [0.25, 0.3) is 0 Å². The molecule has 0 aromatic heterocycles. The first kappa shape index (κ1) is 18.2. The number of carbonyl (C=O) groups is 3. The molecule has 0 aromatic carbocycles. The van der Waals surface area contributed by atoms with Crippen molar-refractivity contribution in [3.63, 3.8) is 0 Å². The summed E-state index contributed by atoms with van der Waals surface area (Å²) >= 11 is 0. The minimum Gasteiger partial charge on any atom is -0.481 e. The zero-order valence-electron chi connectivity index (χ0n) is 12.4. The number of hydrogen-bond donors (Lipinski definition) is 3. The molecule has 3 amide bonds. The topological polar surface area (TPSA) is 98.7 Å². The largest absolute Gasteiger partial charge is 0.481 e.